The molecule has 0 saturated heterocycles. The van der Waals surface area contributed by atoms with E-state index in [1.54, 1.807) is 13.2 Å². The van der Waals surface area contributed by atoms with Gasteiger partial charge in [0.15, 0.2) is 0 Å². The molecule has 10 nitrogen and oxygen atoms in total. The molecule has 8 bridgehead atoms. The Morgan fingerprint density at radius 3 is 1.90 bits per heavy atom. The first kappa shape index (κ1) is 58.4. The first-order valence-electron chi connectivity index (χ1n) is 24.7. The van der Waals surface area contributed by atoms with Crippen LogP contribution in [0.2, 0.25) is 0 Å². The van der Waals surface area contributed by atoms with Crippen molar-refractivity contribution in [1.82, 2.24) is 30.2 Å². The molecule has 0 aromatic carbocycles. The zero-order valence-electron chi connectivity index (χ0n) is 45.5. The first-order valence-corrected chi connectivity index (χ1v) is 24.7. The summed E-state index contributed by atoms with van der Waals surface area (Å²) in [4.78, 5) is 40.7. The van der Waals surface area contributed by atoms with Crippen LogP contribution in [0.1, 0.15) is 186 Å². The van der Waals surface area contributed by atoms with Crippen molar-refractivity contribution in [2.45, 2.75) is 168 Å². The van der Waals surface area contributed by atoms with Crippen LogP contribution < -0.4 is 11.1 Å². The van der Waals surface area contributed by atoms with Crippen molar-refractivity contribution in [3.63, 3.8) is 0 Å². The summed E-state index contributed by atoms with van der Waals surface area (Å²) in [5, 5.41) is 3.27. The summed E-state index contributed by atoms with van der Waals surface area (Å²) >= 11 is 0. The number of rotatable bonds is 15. The molecular weight excluding hydrogens is 843 g/mol. The second kappa shape index (κ2) is 27.9. The number of nitrogens with zero attached hydrogens (tertiary/aromatic N) is 3. The summed E-state index contributed by atoms with van der Waals surface area (Å²) in [7, 11) is 3.64. The summed E-state index contributed by atoms with van der Waals surface area (Å²) in [6.45, 7) is 41.5. The molecule has 0 saturated carbocycles. The van der Waals surface area contributed by atoms with Gasteiger partial charge in [-0.25, -0.2) is 4.98 Å². The molecule has 68 heavy (non-hydrogen) atoms. The maximum absolute atomic E-state index is 11.4. The summed E-state index contributed by atoms with van der Waals surface area (Å²) in [5.74, 6) is 0.465. The number of likely N-dealkylation sites (N-methyl/N-ethyl adjacent to an activating group) is 1. The number of amides is 1. The standard InChI is InChI=1S/C34H42N4O2.C16H27N.C6H12N2O.C2H6/c1-9-12-25-22(8)30-13-28-20(6)23(10-2)32(35-28)15-29-21(7)24(11-3)31(36-29)14-27-18(4)19(5)33(37-27)26(16-40-17-39)34(25)38-30;1-9-15(12(4)5)13(6)10-16(17-8)14(7)11(2)3;1-6(3-7)4-8(2)5-9;1-2/h13-15,17,22,25,35-36H,9-12,16H2,1-8H3;10,17H,4,9H2,1-3,5-8H3;4-5H,3,7H2,1-2H3;1-2H3/b;15-13+,16-10-;6-4+;/t22?,25-;;;/m0.../s1. The summed E-state index contributed by atoms with van der Waals surface area (Å²) in [6.07, 6.45) is 9.60. The van der Waals surface area contributed by atoms with Gasteiger partial charge in [-0.05, 0) is 175 Å². The Hall–Kier alpha value is -5.74. The highest BCUT2D eigenvalue weighted by Crippen LogP contribution is 2.43. The van der Waals surface area contributed by atoms with Gasteiger partial charge in [-0.2, -0.15) is 0 Å². The van der Waals surface area contributed by atoms with Crippen LogP contribution in [0.25, 0.3) is 33.2 Å². The number of carbonyl (C=O) groups excluding carboxylic acids is 2. The fraction of sp³-hybridized carbons (Fsp3) is 0.483. The number of aromatic nitrogens is 4. The van der Waals surface area contributed by atoms with Crippen molar-refractivity contribution in [2.24, 2.45) is 5.73 Å². The van der Waals surface area contributed by atoms with Crippen LogP contribution in [0, 0.1) is 13.8 Å². The van der Waals surface area contributed by atoms with Crippen molar-refractivity contribution < 1.29 is 14.3 Å². The van der Waals surface area contributed by atoms with Crippen molar-refractivity contribution in [3.05, 3.63) is 127 Å². The zero-order valence-corrected chi connectivity index (χ0v) is 45.5. The largest absolute Gasteiger partial charge is 0.463 e. The number of hydrogen-bond donors (Lipinski definition) is 4. The van der Waals surface area contributed by atoms with E-state index in [0.717, 1.165) is 111 Å². The number of ether oxygens (including phenoxy) is 1. The van der Waals surface area contributed by atoms with Gasteiger partial charge in [-0.15, -0.1) is 0 Å². The molecular formula is C58H87N7O3. The number of nitrogens with two attached hydrogens (primary N) is 1. The molecule has 2 atom stereocenters. The highest BCUT2D eigenvalue weighted by molar-refractivity contribution is 5.92. The van der Waals surface area contributed by atoms with E-state index in [-0.39, 0.29) is 18.4 Å². The number of H-pyrrole nitrogens is 2. The second-order valence-electron chi connectivity index (χ2n) is 18.0. The van der Waals surface area contributed by atoms with E-state index in [1.165, 1.54) is 55.1 Å². The van der Waals surface area contributed by atoms with E-state index in [9.17, 15) is 9.59 Å². The van der Waals surface area contributed by atoms with Crippen molar-refractivity contribution in [2.75, 3.05) is 20.6 Å². The molecule has 0 spiro atoms. The van der Waals surface area contributed by atoms with Gasteiger partial charge in [0.1, 0.15) is 6.61 Å². The Morgan fingerprint density at radius 2 is 1.43 bits per heavy atom. The normalized spacial score (nSPS) is 14.8. The van der Waals surface area contributed by atoms with Crippen LogP contribution in [0.15, 0.2) is 76.2 Å². The number of aryl methyl sites for hydroxylation is 4. The minimum absolute atomic E-state index is 0.159. The molecule has 2 aliphatic rings. The second-order valence-corrected chi connectivity index (χ2v) is 18.0. The summed E-state index contributed by atoms with van der Waals surface area (Å²) in [6, 6.07) is 6.68. The van der Waals surface area contributed by atoms with Crippen LogP contribution in [0.4, 0.5) is 0 Å². The fourth-order valence-electron chi connectivity index (χ4n) is 8.91. The van der Waals surface area contributed by atoms with Crippen LogP contribution >= 0.6 is 0 Å². The van der Waals surface area contributed by atoms with Crippen LogP contribution in [-0.4, -0.2) is 58.4 Å². The lowest BCUT2D eigenvalue weighted by molar-refractivity contribution is -0.129. The van der Waals surface area contributed by atoms with Gasteiger partial charge in [-0.1, -0.05) is 72.6 Å². The molecule has 0 radical (unpaired) electrons. The third kappa shape index (κ3) is 14.4. The smallest absolute Gasteiger partial charge is 0.293 e. The van der Waals surface area contributed by atoms with Crippen molar-refractivity contribution in [3.8, 4) is 0 Å². The topological polar surface area (TPSA) is 142 Å². The Bertz CT molecular complexity index is 2570. The molecule has 0 fully saturated rings. The lowest BCUT2D eigenvalue weighted by atomic mass is 9.85. The predicted molar refractivity (Wildman–Crippen MR) is 291 cm³/mol. The molecule has 0 aliphatic carbocycles. The third-order valence-electron chi connectivity index (χ3n) is 13.2. The quantitative estimate of drug-likeness (QED) is 0.0878. The highest BCUT2D eigenvalue weighted by atomic mass is 16.5. The predicted octanol–water partition coefficient (Wildman–Crippen LogP) is 14.1. The maximum atomic E-state index is 11.4. The minimum atomic E-state index is 0.159. The van der Waals surface area contributed by atoms with E-state index in [4.69, 9.17) is 20.4 Å². The van der Waals surface area contributed by atoms with E-state index in [2.05, 4.69) is 143 Å². The van der Waals surface area contributed by atoms with Gasteiger partial charge in [0.25, 0.3) is 6.47 Å². The average Bonchev–Trinajstić information content (AvgIpc) is 3.99. The molecule has 3 aromatic heterocycles. The van der Waals surface area contributed by atoms with Gasteiger partial charge in [-0.3, -0.25) is 14.6 Å². The van der Waals surface area contributed by atoms with Crippen molar-refractivity contribution in [1.29, 1.82) is 0 Å². The van der Waals surface area contributed by atoms with E-state index < -0.39 is 0 Å². The Labute approximate surface area is 410 Å². The summed E-state index contributed by atoms with van der Waals surface area (Å²) in [5.41, 5.74) is 30.5. The van der Waals surface area contributed by atoms with Gasteiger partial charge >= 0.3 is 0 Å². The number of carbonyl (C=O) groups is 2. The van der Waals surface area contributed by atoms with Crippen molar-refractivity contribution >= 4 is 46.1 Å². The monoisotopic (exact) mass is 930 g/mol. The molecule has 372 valence electrons. The number of allylic oxidation sites excluding steroid dienone is 8. The molecule has 5 rings (SSSR count). The van der Waals surface area contributed by atoms with E-state index in [0.29, 0.717) is 13.0 Å². The van der Waals surface area contributed by atoms with Crippen LogP contribution in [-0.2, 0) is 33.8 Å². The Kier molecular flexibility index (Phi) is 24.0. The lowest BCUT2D eigenvalue weighted by Gasteiger charge is -2.17. The van der Waals surface area contributed by atoms with E-state index >= 15 is 0 Å². The van der Waals surface area contributed by atoms with Gasteiger partial charge in [0.2, 0.25) is 6.41 Å². The Morgan fingerprint density at radius 1 is 0.853 bits per heavy atom. The fourth-order valence-corrected chi connectivity index (χ4v) is 8.91. The lowest BCUT2D eigenvalue weighted by Crippen LogP contribution is -2.10. The van der Waals surface area contributed by atoms with Gasteiger partial charge < -0.3 is 30.7 Å². The van der Waals surface area contributed by atoms with E-state index in [1.807, 2.05) is 27.8 Å². The zero-order chi connectivity index (χ0) is 51.6. The minimum Gasteiger partial charge on any atom is -0.463 e. The molecule has 5 heterocycles. The SMILES string of the molecule is C/C(=C\N(C)C=O)CN.C=C(C)/C(CC)=C(C)/C=C(\NC)C(C)=C(C)C.CC.CCC[C@@H]1c2nc(cc3[nH]c(cc4[nH]c(cc5nc(c2COC=O)C(C)=C5C)c(CC)c4C)c(CC)c3C)C1C. The molecule has 1 amide bonds. The molecule has 2 aliphatic heterocycles. The third-order valence-corrected chi connectivity index (χ3v) is 13.2. The Balaban J connectivity index is 0.000000468. The number of nitrogens with one attached hydrogen (secondary N) is 3. The number of hydrogen-bond acceptors (Lipinski definition) is 7. The van der Waals surface area contributed by atoms with Crippen LogP contribution in [0.3, 0.4) is 0 Å². The van der Waals surface area contributed by atoms with Crippen LogP contribution in [0.5, 0.6) is 0 Å². The van der Waals surface area contributed by atoms with Gasteiger partial charge in [0.05, 0.1) is 17.1 Å². The molecule has 10 heteroatoms. The average molecular weight is 930 g/mol. The van der Waals surface area contributed by atoms with Gasteiger partial charge in [0, 0.05) is 77.7 Å². The maximum Gasteiger partial charge on any atom is 0.293 e. The first-order chi connectivity index (χ1) is 32.3. The summed E-state index contributed by atoms with van der Waals surface area (Å²) < 4.78 is 5.42. The molecule has 3 aromatic rings. The highest BCUT2D eigenvalue weighted by Gasteiger charge is 2.32. The molecule has 5 N–H and O–H groups in total. The number of aromatic amines is 2. The molecule has 1 unspecified atom stereocenters. The number of fused-ring (bicyclic) bond motifs is 8.